The van der Waals surface area contributed by atoms with Gasteiger partial charge in [-0.05, 0) is 37.3 Å². The molecule has 0 spiro atoms. The van der Waals surface area contributed by atoms with Crippen molar-refractivity contribution >= 4 is 17.5 Å². The van der Waals surface area contributed by atoms with Gasteiger partial charge in [0, 0.05) is 13.1 Å². The van der Waals surface area contributed by atoms with E-state index in [1.165, 1.54) is 6.42 Å². The van der Waals surface area contributed by atoms with Crippen LogP contribution in [0.15, 0.2) is 24.3 Å². The number of likely N-dealkylation sites (tertiary alicyclic amines) is 1. The van der Waals surface area contributed by atoms with E-state index in [9.17, 15) is 9.59 Å². The predicted molar refractivity (Wildman–Crippen MR) is 87.6 cm³/mol. The molecule has 2 rings (SSSR count). The number of nitrogens with one attached hydrogen (secondary N) is 1. The summed E-state index contributed by atoms with van der Waals surface area (Å²) in [5.41, 5.74) is 6.16. The molecule has 1 fully saturated rings. The number of piperidine rings is 1. The zero-order chi connectivity index (χ0) is 16.3. The monoisotopic (exact) mass is 303 g/mol. The third-order valence-electron chi connectivity index (χ3n) is 4.27. The van der Waals surface area contributed by atoms with E-state index < -0.39 is 5.91 Å². The number of hydrogen-bond acceptors (Lipinski definition) is 3. The normalized spacial score (nSPS) is 23.8. The van der Waals surface area contributed by atoms with Gasteiger partial charge in [-0.25, -0.2) is 0 Å². The van der Waals surface area contributed by atoms with E-state index in [2.05, 4.69) is 24.1 Å². The molecule has 3 atom stereocenters. The van der Waals surface area contributed by atoms with Crippen molar-refractivity contribution in [2.45, 2.75) is 33.2 Å². The van der Waals surface area contributed by atoms with Gasteiger partial charge in [-0.3, -0.25) is 14.5 Å². The van der Waals surface area contributed by atoms with Gasteiger partial charge in [0.15, 0.2) is 0 Å². The summed E-state index contributed by atoms with van der Waals surface area (Å²) >= 11 is 0. The van der Waals surface area contributed by atoms with Crippen LogP contribution in [-0.4, -0.2) is 35.8 Å². The molecule has 120 valence electrons. The summed E-state index contributed by atoms with van der Waals surface area (Å²) < 4.78 is 0. The van der Waals surface area contributed by atoms with Crippen molar-refractivity contribution in [2.24, 2.45) is 17.6 Å². The summed E-state index contributed by atoms with van der Waals surface area (Å²) in [5.74, 6) is 0.549. The van der Waals surface area contributed by atoms with E-state index in [-0.39, 0.29) is 11.9 Å². The van der Waals surface area contributed by atoms with Crippen molar-refractivity contribution < 1.29 is 9.59 Å². The molecule has 3 N–H and O–H groups in total. The topological polar surface area (TPSA) is 75.4 Å². The maximum Gasteiger partial charge on any atom is 0.250 e. The lowest BCUT2D eigenvalue weighted by molar-refractivity contribution is -0.121. The van der Waals surface area contributed by atoms with Gasteiger partial charge in [0.05, 0.1) is 17.3 Å². The van der Waals surface area contributed by atoms with Crippen molar-refractivity contribution in [3.05, 3.63) is 29.8 Å². The fourth-order valence-corrected chi connectivity index (χ4v) is 3.24. The highest BCUT2D eigenvalue weighted by Crippen LogP contribution is 2.23. The Bertz CT molecular complexity index is 549. The van der Waals surface area contributed by atoms with Gasteiger partial charge in [0.2, 0.25) is 5.91 Å². The molecule has 1 aromatic rings. The Labute approximate surface area is 131 Å². The maximum absolute atomic E-state index is 12.5. The first-order valence-electron chi connectivity index (χ1n) is 7.82. The Kier molecular flexibility index (Phi) is 5.19. The highest BCUT2D eigenvalue weighted by atomic mass is 16.2. The van der Waals surface area contributed by atoms with Crippen LogP contribution in [0, 0.1) is 11.8 Å². The minimum absolute atomic E-state index is 0.102. The van der Waals surface area contributed by atoms with Crippen LogP contribution in [0.2, 0.25) is 0 Å². The second-order valence-electron chi connectivity index (χ2n) is 6.48. The smallest absolute Gasteiger partial charge is 0.250 e. The van der Waals surface area contributed by atoms with Crippen molar-refractivity contribution in [1.82, 2.24) is 4.90 Å². The molecule has 5 heteroatoms. The van der Waals surface area contributed by atoms with Crippen LogP contribution in [0.5, 0.6) is 0 Å². The second-order valence-corrected chi connectivity index (χ2v) is 6.48. The fourth-order valence-electron chi connectivity index (χ4n) is 3.24. The first kappa shape index (κ1) is 16.5. The first-order chi connectivity index (χ1) is 10.4. The van der Waals surface area contributed by atoms with Crippen molar-refractivity contribution in [3.63, 3.8) is 0 Å². The highest BCUT2D eigenvalue weighted by Gasteiger charge is 2.29. The number of carbonyl (C=O) groups excluding carboxylic acids is 2. The molecule has 0 aliphatic carbocycles. The molecular weight excluding hydrogens is 278 g/mol. The van der Waals surface area contributed by atoms with Gasteiger partial charge in [0.25, 0.3) is 5.91 Å². The fraction of sp³-hybridized carbons (Fsp3) is 0.529. The largest absolute Gasteiger partial charge is 0.366 e. The second kappa shape index (κ2) is 6.92. The average molecular weight is 303 g/mol. The standard InChI is InChI=1S/C17H25N3O2/c1-11-8-12(2)10-20(9-11)13(3)17(22)19-15-7-5-4-6-14(15)16(18)21/h4-7,11-13H,8-10H2,1-3H3,(H2,18,21)(H,19,22)/t11-,12-,13-/m1/s1. The zero-order valence-corrected chi connectivity index (χ0v) is 13.5. The number of nitrogens with two attached hydrogens (primary N) is 1. The minimum Gasteiger partial charge on any atom is -0.366 e. The number of anilines is 1. The van der Waals surface area contributed by atoms with E-state index in [0.717, 1.165) is 13.1 Å². The third kappa shape index (κ3) is 3.85. The maximum atomic E-state index is 12.5. The number of hydrogen-bond donors (Lipinski definition) is 2. The molecule has 0 saturated carbocycles. The summed E-state index contributed by atoms with van der Waals surface area (Å²) in [4.78, 5) is 26.1. The van der Waals surface area contributed by atoms with Crippen LogP contribution < -0.4 is 11.1 Å². The highest BCUT2D eigenvalue weighted by molar-refractivity contribution is 6.04. The molecule has 5 nitrogen and oxygen atoms in total. The number of carbonyl (C=O) groups is 2. The number of rotatable bonds is 4. The molecule has 1 aromatic carbocycles. The summed E-state index contributed by atoms with van der Waals surface area (Å²) in [5, 5.41) is 2.84. The molecule has 1 aliphatic rings. The number of amides is 2. The van der Waals surface area contributed by atoms with E-state index in [1.807, 2.05) is 6.92 Å². The predicted octanol–water partition coefficient (Wildman–Crippen LogP) is 2.09. The van der Waals surface area contributed by atoms with E-state index >= 15 is 0 Å². The van der Waals surface area contributed by atoms with Crippen LogP contribution in [0.3, 0.4) is 0 Å². The summed E-state index contributed by atoms with van der Waals surface area (Å²) in [6.07, 6.45) is 1.20. The first-order valence-corrected chi connectivity index (χ1v) is 7.82. The molecule has 1 heterocycles. The Hall–Kier alpha value is -1.88. The molecule has 1 aliphatic heterocycles. The molecule has 0 aromatic heterocycles. The van der Waals surface area contributed by atoms with Crippen molar-refractivity contribution in [3.8, 4) is 0 Å². The van der Waals surface area contributed by atoms with Crippen LogP contribution in [0.1, 0.15) is 37.6 Å². The van der Waals surface area contributed by atoms with Crippen molar-refractivity contribution in [2.75, 3.05) is 18.4 Å². The van der Waals surface area contributed by atoms with Gasteiger partial charge in [-0.1, -0.05) is 26.0 Å². The molecule has 22 heavy (non-hydrogen) atoms. The van der Waals surface area contributed by atoms with Crippen LogP contribution >= 0.6 is 0 Å². The molecule has 0 bridgehead atoms. The number of nitrogens with zero attached hydrogens (tertiary/aromatic N) is 1. The zero-order valence-electron chi connectivity index (χ0n) is 13.5. The summed E-state index contributed by atoms with van der Waals surface area (Å²) in [6.45, 7) is 8.20. The van der Waals surface area contributed by atoms with Gasteiger partial charge < -0.3 is 11.1 Å². The lowest BCUT2D eigenvalue weighted by Gasteiger charge is -2.38. The van der Waals surface area contributed by atoms with E-state index in [0.29, 0.717) is 23.1 Å². The Balaban J connectivity index is 2.07. The Morgan fingerprint density at radius 3 is 2.41 bits per heavy atom. The number of primary amides is 1. The summed E-state index contributed by atoms with van der Waals surface area (Å²) in [6, 6.07) is 6.59. The molecule has 0 radical (unpaired) electrons. The van der Waals surface area contributed by atoms with Crippen LogP contribution in [-0.2, 0) is 4.79 Å². The SMILES string of the molecule is C[C@@H]1C[C@@H](C)CN([C@H](C)C(=O)Nc2ccccc2C(N)=O)C1. The van der Waals surface area contributed by atoms with Gasteiger partial charge >= 0.3 is 0 Å². The van der Waals surface area contributed by atoms with Gasteiger partial charge in [0.1, 0.15) is 0 Å². The lowest BCUT2D eigenvalue weighted by Crippen LogP contribution is -2.48. The Morgan fingerprint density at radius 2 is 1.82 bits per heavy atom. The lowest BCUT2D eigenvalue weighted by atomic mass is 9.91. The molecule has 1 saturated heterocycles. The van der Waals surface area contributed by atoms with Gasteiger partial charge in [-0.15, -0.1) is 0 Å². The number of benzene rings is 1. The molecule has 2 amide bonds. The quantitative estimate of drug-likeness (QED) is 0.894. The molecule has 0 unspecified atom stereocenters. The minimum atomic E-state index is -0.538. The molecular formula is C17H25N3O2. The Morgan fingerprint density at radius 1 is 1.23 bits per heavy atom. The number of para-hydroxylation sites is 1. The van der Waals surface area contributed by atoms with E-state index in [4.69, 9.17) is 5.73 Å². The van der Waals surface area contributed by atoms with E-state index in [1.54, 1.807) is 24.3 Å². The van der Waals surface area contributed by atoms with Crippen LogP contribution in [0.25, 0.3) is 0 Å². The summed E-state index contributed by atoms with van der Waals surface area (Å²) in [7, 11) is 0. The average Bonchev–Trinajstić information content (AvgIpc) is 2.45. The van der Waals surface area contributed by atoms with Crippen molar-refractivity contribution in [1.29, 1.82) is 0 Å². The third-order valence-corrected chi connectivity index (χ3v) is 4.27. The van der Waals surface area contributed by atoms with Crippen LogP contribution in [0.4, 0.5) is 5.69 Å². The van der Waals surface area contributed by atoms with Gasteiger partial charge in [-0.2, -0.15) is 0 Å².